The number of carbonyl (C=O) groups is 1. The number of hydrogen-bond acceptors (Lipinski definition) is 7. The Morgan fingerprint density at radius 3 is 2.88 bits per heavy atom. The lowest BCUT2D eigenvalue weighted by atomic mass is 10.2. The highest BCUT2D eigenvalue weighted by atomic mass is 35.5. The third kappa shape index (κ3) is 4.46. The van der Waals surface area contributed by atoms with Crippen LogP contribution in [0.1, 0.15) is 34.8 Å². The van der Waals surface area contributed by atoms with Gasteiger partial charge in [0.1, 0.15) is 10.6 Å². The van der Waals surface area contributed by atoms with Crippen LogP contribution < -0.4 is 10.2 Å². The second-order valence-corrected chi connectivity index (χ2v) is 6.04. The molecule has 0 unspecified atom stereocenters. The van der Waals surface area contributed by atoms with Gasteiger partial charge in [0.25, 0.3) is 0 Å². The number of hydrazone groups is 1. The maximum absolute atomic E-state index is 11.7. The molecular formula is C16H18ClN3O3S. The van der Waals surface area contributed by atoms with Crippen LogP contribution in [0.15, 0.2) is 23.3 Å². The van der Waals surface area contributed by atoms with Crippen molar-refractivity contribution in [1.29, 1.82) is 0 Å². The number of ether oxygens (including phenoxy) is 2. The minimum absolute atomic E-state index is 0.389. The van der Waals surface area contributed by atoms with Gasteiger partial charge in [-0.15, -0.1) is 0 Å². The molecule has 2 rings (SSSR count). The van der Waals surface area contributed by atoms with E-state index in [2.05, 4.69) is 15.5 Å². The van der Waals surface area contributed by atoms with E-state index in [1.165, 1.54) is 18.4 Å². The van der Waals surface area contributed by atoms with Gasteiger partial charge < -0.3 is 9.47 Å². The van der Waals surface area contributed by atoms with E-state index in [0.717, 1.165) is 5.56 Å². The molecule has 2 aromatic rings. The quantitative estimate of drug-likeness (QED) is 0.455. The second-order valence-electron chi connectivity index (χ2n) is 4.63. The first-order valence-corrected chi connectivity index (χ1v) is 8.57. The summed E-state index contributed by atoms with van der Waals surface area (Å²) in [5.74, 6) is 0.249. The van der Waals surface area contributed by atoms with Crippen LogP contribution in [0.25, 0.3) is 0 Å². The number of nitrogens with one attached hydrogen (secondary N) is 1. The fourth-order valence-corrected chi connectivity index (χ4v) is 3.09. The summed E-state index contributed by atoms with van der Waals surface area (Å²) in [6, 6.07) is 5.40. The summed E-state index contributed by atoms with van der Waals surface area (Å²) in [5.41, 5.74) is 4.33. The molecule has 1 aromatic carbocycles. The number of thiazole rings is 1. The van der Waals surface area contributed by atoms with E-state index < -0.39 is 0 Å². The van der Waals surface area contributed by atoms with Crippen LogP contribution in [0.3, 0.4) is 0 Å². The minimum atomic E-state index is -0.389. The normalized spacial score (nSPS) is 10.8. The number of hydrogen-bond donors (Lipinski definition) is 1. The van der Waals surface area contributed by atoms with Gasteiger partial charge >= 0.3 is 5.97 Å². The summed E-state index contributed by atoms with van der Waals surface area (Å²) < 4.78 is 10.1. The Morgan fingerprint density at radius 1 is 1.46 bits per heavy atom. The van der Waals surface area contributed by atoms with Crippen molar-refractivity contribution in [1.82, 2.24) is 4.98 Å². The standard InChI is InChI=1S/C16H18ClN3O3S/c1-4-12-14(15(21)22-3)24-16(19-12)20-18-9-10-6-7-13(23-5-2)11(17)8-10/h6-9H,4-5H2,1-3H3,(H,19,20)/b18-9-. The molecule has 1 aromatic heterocycles. The van der Waals surface area contributed by atoms with Crippen LogP contribution in [0.4, 0.5) is 5.13 Å². The third-order valence-corrected chi connectivity index (χ3v) is 4.31. The molecule has 0 atom stereocenters. The molecule has 0 aliphatic carbocycles. The largest absolute Gasteiger partial charge is 0.492 e. The number of esters is 1. The lowest BCUT2D eigenvalue weighted by Crippen LogP contribution is -2.01. The second kappa shape index (κ2) is 8.65. The van der Waals surface area contributed by atoms with Gasteiger partial charge in [0.2, 0.25) is 5.13 Å². The highest BCUT2D eigenvalue weighted by molar-refractivity contribution is 7.17. The average Bonchev–Trinajstić information content (AvgIpc) is 3.00. The fourth-order valence-electron chi connectivity index (χ4n) is 1.92. The van der Waals surface area contributed by atoms with Gasteiger partial charge in [0.05, 0.1) is 30.6 Å². The number of aryl methyl sites for hydroxylation is 1. The third-order valence-electron chi connectivity index (χ3n) is 3.03. The fraction of sp³-hybridized carbons (Fsp3) is 0.312. The number of halogens is 1. The zero-order chi connectivity index (χ0) is 17.5. The number of benzene rings is 1. The molecule has 0 aliphatic rings. The van der Waals surface area contributed by atoms with Crippen molar-refractivity contribution in [3.8, 4) is 5.75 Å². The Morgan fingerprint density at radius 2 is 2.25 bits per heavy atom. The van der Waals surface area contributed by atoms with Crippen LogP contribution >= 0.6 is 22.9 Å². The number of rotatable bonds is 7. The van der Waals surface area contributed by atoms with E-state index in [9.17, 15) is 4.79 Å². The topological polar surface area (TPSA) is 72.8 Å². The summed E-state index contributed by atoms with van der Waals surface area (Å²) >= 11 is 7.34. The number of anilines is 1. The number of carbonyl (C=O) groups excluding carboxylic acids is 1. The molecule has 6 nitrogen and oxygen atoms in total. The molecule has 0 amide bonds. The number of nitrogens with zero attached hydrogens (tertiary/aromatic N) is 2. The predicted octanol–water partition coefficient (Wildman–Crippen LogP) is 3.99. The summed E-state index contributed by atoms with van der Waals surface area (Å²) in [7, 11) is 1.35. The Balaban J connectivity index is 2.07. The summed E-state index contributed by atoms with van der Waals surface area (Å²) in [6.45, 7) is 4.38. The zero-order valence-electron chi connectivity index (χ0n) is 13.6. The molecule has 1 N–H and O–H groups in total. The minimum Gasteiger partial charge on any atom is -0.492 e. The molecule has 24 heavy (non-hydrogen) atoms. The maximum Gasteiger partial charge on any atom is 0.350 e. The van der Waals surface area contributed by atoms with Gasteiger partial charge in [-0.05, 0) is 37.1 Å². The van der Waals surface area contributed by atoms with Crippen molar-refractivity contribution in [2.75, 3.05) is 19.1 Å². The number of methoxy groups -OCH3 is 1. The van der Waals surface area contributed by atoms with Crippen molar-refractivity contribution in [3.05, 3.63) is 39.4 Å². The smallest absolute Gasteiger partial charge is 0.350 e. The van der Waals surface area contributed by atoms with Crippen molar-refractivity contribution in [3.63, 3.8) is 0 Å². The molecule has 0 saturated carbocycles. The van der Waals surface area contributed by atoms with E-state index >= 15 is 0 Å². The lowest BCUT2D eigenvalue weighted by Gasteiger charge is -2.05. The van der Waals surface area contributed by atoms with Gasteiger partial charge in [-0.1, -0.05) is 29.9 Å². The molecule has 0 radical (unpaired) electrons. The Kier molecular flexibility index (Phi) is 6.57. The van der Waals surface area contributed by atoms with Crippen LogP contribution in [-0.2, 0) is 11.2 Å². The van der Waals surface area contributed by atoms with Crippen molar-refractivity contribution in [2.45, 2.75) is 20.3 Å². The van der Waals surface area contributed by atoms with Gasteiger partial charge in [0, 0.05) is 0 Å². The first kappa shape index (κ1) is 18.2. The first-order chi connectivity index (χ1) is 11.6. The van der Waals surface area contributed by atoms with Crippen LogP contribution in [0.2, 0.25) is 5.02 Å². The summed E-state index contributed by atoms with van der Waals surface area (Å²) in [6.07, 6.45) is 2.26. The van der Waals surface area contributed by atoms with E-state index in [4.69, 9.17) is 21.1 Å². The van der Waals surface area contributed by atoms with Gasteiger partial charge in [-0.25, -0.2) is 9.78 Å². The Bertz CT molecular complexity index is 746. The average molecular weight is 368 g/mol. The highest BCUT2D eigenvalue weighted by Crippen LogP contribution is 2.26. The lowest BCUT2D eigenvalue weighted by molar-refractivity contribution is 0.0605. The SMILES string of the molecule is CCOc1ccc(/C=N\Nc2nc(CC)c(C(=O)OC)s2)cc1Cl. The van der Waals surface area contributed by atoms with E-state index in [-0.39, 0.29) is 5.97 Å². The zero-order valence-corrected chi connectivity index (χ0v) is 15.2. The molecule has 1 heterocycles. The van der Waals surface area contributed by atoms with Crippen molar-refractivity contribution < 1.29 is 14.3 Å². The van der Waals surface area contributed by atoms with Gasteiger partial charge in [-0.2, -0.15) is 5.10 Å². The maximum atomic E-state index is 11.7. The van der Waals surface area contributed by atoms with E-state index in [1.54, 1.807) is 18.3 Å². The molecule has 0 aliphatic heterocycles. The molecule has 8 heteroatoms. The molecule has 0 spiro atoms. The molecule has 128 valence electrons. The molecule has 0 fully saturated rings. The van der Waals surface area contributed by atoms with Crippen LogP contribution in [0.5, 0.6) is 5.75 Å². The van der Waals surface area contributed by atoms with Gasteiger partial charge in [0.15, 0.2) is 0 Å². The van der Waals surface area contributed by atoms with E-state index in [1.807, 2.05) is 19.9 Å². The molecule has 0 bridgehead atoms. The van der Waals surface area contributed by atoms with E-state index in [0.29, 0.717) is 39.5 Å². The predicted molar refractivity (Wildman–Crippen MR) is 96.7 cm³/mol. The molecular weight excluding hydrogens is 350 g/mol. The van der Waals surface area contributed by atoms with Crippen molar-refractivity contribution >= 4 is 40.3 Å². The first-order valence-electron chi connectivity index (χ1n) is 7.38. The Hall–Kier alpha value is -2.12. The molecule has 0 saturated heterocycles. The highest BCUT2D eigenvalue weighted by Gasteiger charge is 2.17. The van der Waals surface area contributed by atoms with Crippen LogP contribution in [0, 0.1) is 0 Å². The number of aromatic nitrogens is 1. The summed E-state index contributed by atoms with van der Waals surface area (Å²) in [5, 5.41) is 5.18. The monoisotopic (exact) mass is 367 g/mol. The van der Waals surface area contributed by atoms with Gasteiger partial charge in [-0.3, -0.25) is 5.43 Å². The van der Waals surface area contributed by atoms with Crippen LogP contribution in [-0.4, -0.2) is 30.9 Å². The van der Waals surface area contributed by atoms with Crippen molar-refractivity contribution in [2.24, 2.45) is 5.10 Å². The summed E-state index contributed by atoms with van der Waals surface area (Å²) in [4.78, 5) is 16.5. The Labute approximate surface area is 149 Å².